The van der Waals surface area contributed by atoms with Gasteiger partial charge in [-0.05, 0) is 55.2 Å². The monoisotopic (exact) mass is 299 g/mol. The molecule has 0 unspecified atom stereocenters. The maximum Gasteiger partial charge on any atom is 0.144 e. The van der Waals surface area contributed by atoms with E-state index in [1.54, 1.807) is 24.4 Å². The van der Waals surface area contributed by atoms with E-state index in [4.69, 9.17) is 0 Å². The Balaban J connectivity index is 1.64. The molecule has 22 heavy (non-hydrogen) atoms. The minimum Gasteiger partial charge on any atom is -0.508 e. The molecule has 2 N–H and O–H groups in total. The van der Waals surface area contributed by atoms with Crippen molar-refractivity contribution in [3.05, 3.63) is 59.8 Å². The fourth-order valence-electron chi connectivity index (χ4n) is 2.60. The van der Waals surface area contributed by atoms with Crippen molar-refractivity contribution in [2.45, 2.75) is 19.8 Å². The molecular formula is C17H18FN3O. The summed E-state index contributed by atoms with van der Waals surface area (Å²) in [6.45, 7) is 2.73. The van der Waals surface area contributed by atoms with Crippen molar-refractivity contribution in [3.63, 3.8) is 0 Å². The number of nitrogens with zero attached hydrogens (tertiary/aromatic N) is 2. The highest BCUT2D eigenvalue weighted by molar-refractivity contribution is 5.85. The molecule has 0 saturated carbocycles. The second kappa shape index (κ2) is 6.05. The van der Waals surface area contributed by atoms with E-state index >= 15 is 0 Å². The molecule has 0 radical (unpaired) electrons. The van der Waals surface area contributed by atoms with Gasteiger partial charge in [-0.25, -0.2) is 4.39 Å². The minimum absolute atomic E-state index is 0.250. The van der Waals surface area contributed by atoms with E-state index < -0.39 is 0 Å². The van der Waals surface area contributed by atoms with E-state index in [1.165, 1.54) is 6.20 Å². The van der Waals surface area contributed by atoms with Crippen LogP contribution in [0.15, 0.2) is 42.9 Å². The van der Waals surface area contributed by atoms with Gasteiger partial charge in [-0.1, -0.05) is 0 Å². The van der Waals surface area contributed by atoms with E-state index in [2.05, 4.69) is 10.4 Å². The van der Waals surface area contributed by atoms with Crippen LogP contribution in [0.25, 0.3) is 10.9 Å². The second-order valence-corrected chi connectivity index (χ2v) is 5.36. The standard InChI is InChI=1S/C17H18FN3O/c1-12-11-21(17-5-4-14(22)9-15(12)17)20-7-2-3-13-6-8-19-10-16(13)18/h4-6,8-11,20,22H,2-3,7H2,1H3. The largest absolute Gasteiger partial charge is 0.508 e. The molecule has 5 heteroatoms. The molecule has 0 amide bonds. The van der Waals surface area contributed by atoms with Crippen LogP contribution in [0.2, 0.25) is 0 Å². The van der Waals surface area contributed by atoms with Crippen LogP contribution in [0.1, 0.15) is 17.5 Å². The molecule has 2 heterocycles. The molecule has 3 rings (SSSR count). The van der Waals surface area contributed by atoms with Gasteiger partial charge in [0.2, 0.25) is 0 Å². The Morgan fingerprint density at radius 1 is 1.32 bits per heavy atom. The third-order valence-electron chi connectivity index (χ3n) is 3.75. The first-order valence-electron chi connectivity index (χ1n) is 7.28. The lowest BCUT2D eigenvalue weighted by Crippen LogP contribution is -2.15. The van der Waals surface area contributed by atoms with Gasteiger partial charge in [0.25, 0.3) is 0 Å². The van der Waals surface area contributed by atoms with Gasteiger partial charge < -0.3 is 10.5 Å². The molecule has 0 aliphatic carbocycles. The average molecular weight is 299 g/mol. The lowest BCUT2D eigenvalue weighted by Gasteiger charge is -2.09. The van der Waals surface area contributed by atoms with Gasteiger partial charge >= 0.3 is 0 Å². The molecule has 0 bridgehead atoms. The molecule has 0 fully saturated rings. The normalized spacial score (nSPS) is 11.0. The first-order chi connectivity index (χ1) is 10.6. The van der Waals surface area contributed by atoms with Crippen molar-refractivity contribution in [2.24, 2.45) is 0 Å². The second-order valence-electron chi connectivity index (χ2n) is 5.36. The molecule has 2 aromatic heterocycles. The predicted octanol–water partition coefficient (Wildman–Crippen LogP) is 3.37. The summed E-state index contributed by atoms with van der Waals surface area (Å²) in [6.07, 6.45) is 6.34. The van der Waals surface area contributed by atoms with Gasteiger partial charge in [0.1, 0.15) is 11.6 Å². The smallest absolute Gasteiger partial charge is 0.144 e. The lowest BCUT2D eigenvalue weighted by molar-refractivity contribution is 0.476. The SMILES string of the molecule is Cc1cn(NCCCc2ccncc2F)c2ccc(O)cc12. The third kappa shape index (κ3) is 2.88. The number of nitrogens with one attached hydrogen (secondary N) is 1. The Bertz CT molecular complexity index is 798. The Kier molecular flexibility index (Phi) is 3.96. The highest BCUT2D eigenvalue weighted by Crippen LogP contribution is 2.24. The molecule has 114 valence electrons. The van der Waals surface area contributed by atoms with Crippen LogP contribution in [-0.4, -0.2) is 21.3 Å². The molecule has 0 spiro atoms. The number of aromatic hydroxyl groups is 1. The quantitative estimate of drug-likeness (QED) is 0.710. The van der Waals surface area contributed by atoms with Crippen LogP contribution >= 0.6 is 0 Å². The van der Waals surface area contributed by atoms with Crippen LogP contribution < -0.4 is 5.43 Å². The maximum absolute atomic E-state index is 13.5. The number of aromatic nitrogens is 2. The molecule has 3 aromatic rings. The highest BCUT2D eigenvalue weighted by Gasteiger charge is 2.06. The summed E-state index contributed by atoms with van der Waals surface area (Å²) in [6, 6.07) is 7.03. The van der Waals surface area contributed by atoms with Crippen molar-refractivity contribution in [1.29, 1.82) is 0 Å². The maximum atomic E-state index is 13.5. The zero-order valence-electron chi connectivity index (χ0n) is 12.4. The van der Waals surface area contributed by atoms with Gasteiger partial charge in [-0.15, -0.1) is 0 Å². The summed E-state index contributed by atoms with van der Waals surface area (Å²) in [4.78, 5) is 3.75. The van der Waals surface area contributed by atoms with E-state index in [0.29, 0.717) is 12.0 Å². The molecule has 4 nitrogen and oxygen atoms in total. The summed E-state index contributed by atoms with van der Waals surface area (Å²) < 4.78 is 15.4. The Morgan fingerprint density at radius 2 is 2.18 bits per heavy atom. The Morgan fingerprint density at radius 3 is 3.00 bits per heavy atom. The number of benzene rings is 1. The van der Waals surface area contributed by atoms with Gasteiger partial charge in [0.15, 0.2) is 0 Å². The fraction of sp³-hybridized carbons (Fsp3) is 0.235. The van der Waals surface area contributed by atoms with Crippen molar-refractivity contribution in [3.8, 4) is 5.75 Å². The topological polar surface area (TPSA) is 50.1 Å². The van der Waals surface area contributed by atoms with Crippen LogP contribution in [0.5, 0.6) is 5.75 Å². The zero-order chi connectivity index (χ0) is 15.5. The lowest BCUT2D eigenvalue weighted by atomic mass is 10.1. The van der Waals surface area contributed by atoms with Gasteiger partial charge in [-0.3, -0.25) is 9.66 Å². The molecule has 0 atom stereocenters. The van der Waals surface area contributed by atoms with Crippen LogP contribution in [0, 0.1) is 12.7 Å². The average Bonchev–Trinajstić information content (AvgIpc) is 2.81. The number of phenols is 1. The number of phenolic OH excluding ortho intramolecular Hbond substituents is 1. The van der Waals surface area contributed by atoms with Crippen LogP contribution in [-0.2, 0) is 6.42 Å². The molecular weight excluding hydrogens is 281 g/mol. The molecule has 1 aromatic carbocycles. The van der Waals surface area contributed by atoms with E-state index in [-0.39, 0.29) is 11.6 Å². The van der Waals surface area contributed by atoms with Gasteiger partial charge in [0, 0.05) is 24.3 Å². The van der Waals surface area contributed by atoms with Crippen molar-refractivity contribution >= 4 is 10.9 Å². The summed E-state index contributed by atoms with van der Waals surface area (Å²) in [5, 5.41) is 10.6. The zero-order valence-corrected chi connectivity index (χ0v) is 12.4. The first kappa shape index (κ1) is 14.4. The van der Waals surface area contributed by atoms with E-state index in [9.17, 15) is 9.50 Å². The number of rotatable bonds is 5. The summed E-state index contributed by atoms with van der Waals surface area (Å²) in [5.41, 5.74) is 6.12. The summed E-state index contributed by atoms with van der Waals surface area (Å²) in [5.74, 6) is 0.0155. The van der Waals surface area contributed by atoms with E-state index in [1.807, 2.05) is 23.9 Å². The molecule has 0 aliphatic heterocycles. The van der Waals surface area contributed by atoms with Crippen LogP contribution in [0.3, 0.4) is 0 Å². The Labute approximate surface area is 128 Å². The Hall–Kier alpha value is -2.56. The minimum atomic E-state index is -0.250. The van der Waals surface area contributed by atoms with Crippen molar-refractivity contribution < 1.29 is 9.50 Å². The van der Waals surface area contributed by atoms with Gasteiger partial charge in [-0.2, -0.15) is 0 Å². The summed E-state index contributed by atoms with van der Waals surface area (Å²) in [7, 11) is 0. The number of hydrogen-bond acceptors (Lipinski definition) is 3. The summed E-state index contributed by atoms with van der Waals surface area (Å²) >= 11 is 0. The highest BCUT2D eigenvalue weighted by atomic mass is 19.1. The number of halogens is 1. The van der Waals surface area contributed by atoms with Crippen molar-refractivity contribution in [1.82, 2.24) is 9.66 Å². The van der Waals surface area contributed by atoms with E-state index in [0.717, 1.165) is 29.4 Å². The van der Waals surface area contributed by atoms with Crippen LogP contribution in [0.4, 0.5) is 4.39 Å². The molecule has 0 saturated heterocycles. The number of fused-ring (bicyclic) bond motifs is 1. The predicted molar refractivity (Wildman–Crippen MR) is 85.1 cm³/mol. The number of aryl methyl sites for hydroxylation is 2. The third-order valence-corrected chi connectivity index (χ3v) is 3.75. The fourth-order valence-corrected chi connectivity index (χ4v) is 2.60. The van der Waals surface area contributed by atoms with Gasteiger partial charge in [0.05, 0.1) is 11.7 Å². The van der Waals surface area contributed by atoms with Crippen molar-refractivity contribution in [2.75, 3.05) is 12.0 Å². The number of hydrogen-bond donors (Lipinski definition) is 2. The number of pyridine rings is 1. The molecule has 0 aliphatic rings. The first-order valence-corrected chi connectivity index (χ1v) is 7.28.